The molecule has 0 aromatic heterocycles. The van der Waals surface area contributed by atoms with Gasteiger partial charge >= 0.3 is 0 Å². The van der Waals surface area contributed by atoms with Crippen LogP contribution in [0.4, 0.5) is 0 Å². The van der Waals surface area contributed by atoms with Gasteiger partial charge in [0.15, 0.2) is 9.84 Å². The quantitative estimate of drug-likeness (QED) is 0.780. The largest absolute Gasteiger partial charge is 0.228 e. The molecule has 2 unspecified atom stereocenters. The molecule has 1 aliphatic heterocycles. The Hall–Kier alpha value is -0.0600. The second-order valence-corrected chi connectivity index (χ2v) is 8.57. The van der Waals surface area contributed by atoms with Crippen molar-refractivity contribution in [1.82, 2.24) is 0 Å². The number of alkyl halides is 1. The third kappa shape index (κ3) is 3.49. The number of hydrogen-bond acceptors (Lipinski definition) is 2. The number of rotatable bonds is 3. The molecule has 1 aromatic carbocycles. The molecule has 1 fully saturated rings. The molecule has 0 aliphatic carbocycles. The Morgan fingerprint density at radius 3 is 2.83 bits per heavy atom. The smallest absolute Gasteiger partial charge is 0.154 e. The predicted octanol–water partition coefficient (Wildman–Crippen LogP) is 3.57. The topological polar surface area (TPSA) is 34.1 Å². The Bertz CT molecular complexity index is 515. The molecule has 1 saturated heterocycles. The van der Waals surface area contributed by atoms with E-state index in [1.54, 1.807) is 0 Å². The number of sulfone groups is 1. The van der Waals surface area contributed by atoms with Gasteiger partial charge in [-0.05, 0) is 37.0 Å². The average Bonchev–Trinajstić information content (AvgIpc) is 2.28. The Morgan fingerprint density at radius 2 is 2.17 bits per heavy atom. The van der Waals surface area contributed by atoms with Crippen molar-refractivity contribution in [3.05, 3.63) is 34.3 Å². The fourth-order valence-corrected chi connectivity index (χ4v) is 5.61. The third-order valence-corrected chi connectivity index (χ3v) is 6.80. The highest BCUT2D eigenvalue weighted by Gasteiger charge is 2.34. The second-order valence-electron chi connectivity index (χ2n) is 4.75. The summed E-state index contributed by atoms with van der Waals surface area (Å²) in [5, 5.41) is -0.712. The van der Waals surface area contributed by atoms with Gasteiger partial charge in [0.2, 0.25) is 0 Å². The summed E-state index contributed by atoms with van der Waals surface area (Å²) in [4.78, 5) is 0. The highest BCUT2D eigenvalue weighted by Crippen LogP contribution is 2.27. The molecule has 1 aliphatic rings. The molecule has 2 atom stereocenters. The molecule has 2 nitrogen and oxygen atoms in total. The van der Waals surface area contributed by atoms with E-state index in [4.69, 9.17) is 11.6 Å². The molecule has 1 heterocycles. The van der Waals surface area contributed by atoms with Crippen LogP contribution in [0.5, 0.6) is 0 Å². The summed E-state index contributed by atoms with van der Waals surface area (Å²) in [6.45, 7) is 0. The van der Waals surface area contributed by atoms with E-state index in [0.717, 1.165) is 22.9 Å². The van der Waals surface area contributed by atoms with Crippen molar-refractivity contribution in [2.24, 2.45) is 0 Å². The zero-order valence-electron chi connectivity index (χ0n) is 9.98. The summed E-state index contributed by atoms with van der Waals surface area (Å²) >= 11 is 9.75. The van der Waals surface area contributed by atoms with Crippen LogP contribution in [0.2, 0.25) is 0 Å². The van der Waals surface area contributed by atoms with E-state index in [2.05, 4.69) is 15.9 Å². The van der Waals surface area contributed by atoms with E-state index in [9.17, 15) is 8.42 Å². The fraction of sp³-hybridized carbons (Fsp3) is 0.538. The molecule has 0 amide bonds. The van der Waals surface area contributed by atoms with Crippen LogP contribution in [0, 0.1) is 0 Å². The minimum atomic E-state index is -3.00. The fourth-order valence-electron chi connectivity index (χ4n) is 2.41. The maximum atomic E-state index is 12.0. The van der Waals surface area contributed by atoms with Gasteiger partial charge in [-0.2, -0.15) is 0 Å². The highest BCUT2D eigenvalue weighted by molar-refractivity contribution is 9.10. The maximum Gasteiger partial charge on any atom is 0.154 e. The van der Waals surface area contributed by atoms with Crippen LogP contribution in [0.3, 0.4) is 0 Å². The molecule has 1 aromatic rings. The van der Waals surface area contributed by atoms with Crippen molar-refractivity contribution in [2.45, 2.75) is 36.3 Å². The maximum absolute atomic E-state index is 12.0. The molecule has 0 radical (unpaired) electrons. The molecule has 18 heavy (non-hydrogen) atoms. The van der Waals surface area contributed by atoms with Gasteiger partial charge in [0.1, 0.15) is 0 Å². The van der Waals surface area contributed by atoms with Crippen molar-refractivity contribution in [2.75, 3.05) is 5.75 Å². The molecular formula is C13H16BrClO2S. The van der Waals surface area contributed by atoms with Gasteiger partial charge in [-0.3, -0.25) is 0 Å². The van der Waals surface area contributed by atoms with Gasteiger partial charge in [0.25, 0.3) is 0 Å². The van der Waals surface area contributed by atoms with Crippen molar-refractivity contribution in [3.63, 3.8) is 0 Å². The molecule has 2 rings (SSSR count). The van der Waals surface area contributed by atoms with Gasteiger partial charge in [0.05, 0.1) is 16.4 Å². The summed E-state index contributed by atoms with van der Waals surface area (Å²) in [5.74, 6) is 0.291. The first kappa shape index (κ1) is 14.4. The van der Waals surface area contributed by atoms with Crippen molar-refractivity contribution < 1.29 is 8.42 Å². The minimum Gasteiger partial charge on any atom is -0.228 e. The summed E-state index contributed by atoms with van der Waals surface area (Å²) in [7, 11) is -3.00. The third-order valence-electron chi connectivity index (χ3n) is 3.35. The monoisotopic (exact) mass is 350 g/mol. The van der Waals surface area contributed by atoms with E-state index < -0.39 is 9.84 Å². The van der Waals surface area contributed by atoms with E-state index >= 15 is 0 Å². The molecule has 0 spiro atoms. The van der Waals surface area contributed by atoms with Crippen LogP contribution in [0.1, 0.15) is 24.8 Å². The van der Waals surface area contributed by atoms with Gasteiger partial charge in [-0.1, -0.05) is 34.5 Å². The van der Waals surface area contributed by atoms with Gasteiger partial charge in [0, 0.05) is 4.47 Å². The highest BCUT2D eigenvalue weighted by atomic mass is 79.9. The first-order valence-electron chi connectivity index (χ1n) is 6.09. The SMILES string of the molecule is O=S1(=O)CCCCC1C(Cl)Cc1cccc(Br)c1. The van der Waals surface area contributed by atoms with E-state index in [-0.39, 0.29) is 10.6 Å². The molecule has 0 bridgehead atoms. The molecular weight excluding hydrogens is 336 g/mol. The number of halogens is 2. The van der Waals surface area contributed by atoms with Crippen LogP contribution in [0.25, 0.3) is 0 Å². The molecule has 100 valence electrons. The van der Waals surface area contributed by atoms with E-state index in [1.807, 2.05) is 24.3 Å². The Labute approximate surface area is 122 Å². The standard InChI is InChI=1S/C13H16BrClO2S/c14-11-5-3-4-10(8-11)9-12(15)13-6-1-2-7-18(13,16)17/h3-5,8,12-13H,1-2,6-7,9H2. The van der Waals surface area contributed by atoms with Crippen LogP contribution < -0.4 is 0 Å². The van der Waals surface area contributed by atoms with Crippen LogP contribution >= 0.6 is 27.5 Å². The number of hydrogen-bond donors (Lipinski definition) is 0. The van der Waals surface area contributed by atoms with E-state index in [1.165, 1.54) is 0 Å². The molecule has 5 heteroatoms. The summed E-state index contributed by atoms with van der Waals surface area (Å²) in [6, 6.07) is 7.86. The van der Waals surface area contributed by atoms with Crippen molar-refractivity contribution in [3.8, 4) is 0 Å². The minimum absolute atomic E-state index is 0.291. The summed E-state index contributed by atoms with van der Waals surface area (Å²) in [5.41, 5.74) is 1.07. The Morgan fingerprint density at radius 1 is 1.39 bits per heavy atom. The first-order chi connectivity index (χ1) is 8.49. The summed E-state index contributed by atoms with van der Waals surface area (Å²) in [6.07, 6.45) is 3.04. The lowest BCUT2D eigenvalue weighted by atomic mass is 10.0. The lowest BCUT2D eigenvalue weighted by molar-refractivity contribution is 0.529. The van der Waals surface area contributed by atoms with Gasteiger partial charge in [-0.15, -0.1) is 11.6 Å². The van der Waals surface area contributed by atoms with Gasteiger partial charge < -0.3 is 0 Å². The van der Waals surface area contributed by atoms with Crippen molar-refractivity contribution >= 4 is 37.4 Å². The molecule has 0 saturated carbocycles. The van der Waals surface area contributed by atoms with Crippen LogP contribution in [-0.2, 0) is 16.3 Å². The zero-order chi connectivity index (χ0) is 13.2. The van der Waals surface area contributed by atoms with Crippen LogP contribution in [0.15, 0.2) is 28.7 Å². The first-order valence-corrected chi connectivity index (χ1v) is 9.03. The lowest BCUT2D eigenvalue weighted by Gasteiger charge is -2.26. The summed E-state index contributed by atoms with van der Waals surface area (Å²) < 4.78 is 25.0. The Balaban J connectivity index is 2.09. The predicted molar refractivity (Wildman–Crippen MR) is 78.9 cm³/mol. The second kappa shape index (κ2) is 5.93. The number of benzene rings is 1. The molecule has 0 N–H and O–H groups in total. The van der Waals surface area contributed by atoms with E-state index in [0.29, 0.717) is 18.6 Å². The van der Waals surface area contributed by atoms with Crippen LogP contribution in [-0.4, -0.2) is 24.8 Å². The average molecular weight is 352 g/mol. The van der Waals surface area contributed by atoms with Gasteiger partial charge in [-0.25, -0.2) is 8.42 Å². The normalized spacial score (nSPS) is 24.7. The van der Waals surface area contributed by atoms with Crippen molar-refractivity contribution in [1.29, 1.82) is 0 Å². The zero-order valence-corrected chi connectivity index (χ0v) is 13.1. The lowest BCUT2D eigenvalue weighted by Crippen LogP contribution is -2.36. The Kier molecular flexibility index (Phi) is 4.73.